The van der Waals surface area contributed by atoms with Crippen molar-refractivity contribution in [3.8, 4) is 0 Å². The van der Waals surface area contributed by atoms with E-state index in [0.717, 1.165) is 4.57 Å². The molecule has 3 N–H and O–H groups in total. The van der Waals surface area contributed by atoms with Crippen molar-refractivity contribution < 1.29 is 34.0 Å². The van der Waals surface area contributed by atoms with E-state index < -0.39 is 54.4 Å². The van der Waals surface area contributed by atoms with Gasteiger partial charge in [-0.05, 0) is 13.8 Å². The van der Waals surface area contributed by atoms with Crippen LogP contribution in [0.1, 0.15) is 20.1 Å². The fourth-order valence-corrected chi connectivity index (χ4v) is 2.34. The standard InChI is InChI=1S/C13H18FN3O7/c1-3-23-5-17-10(15-12(20)21)7(14)4-16(13(17)22)11-9(19)8(18)6(2)24-11/h4,6,8-9,11,18-19H,3,5H2,1-2H3,(H,20,21)/b15-10-/t6-,8-,9-,11-/m1/s1. The van der Waals surface area contributed by atoms with Gasteiger partial charge in [-0.2, -0.15) is 4.99 Å². The van der Waals surface area contributed by atoms with Gasteiger partial charge < -0.3 is 24.8 Å². The van der Waals surface area contributed by atoms with Crippen LogP contribution in [0.5, 0.6) is 0 Å². The van der Waals surface area contributed by atoms with Gasteiger partial charge in [0.2, 0.25) is 0 Å². The summed E-state index contributed by atoms with van der Waals surface area (Å²) in [6.45, 7) is 2.86. The predicted molar refractivity (Wildman–Crippen MR) is 75.5 cm³/mol. The van der Waals surface area contributed by atoms with Gasteiger partial charge in [0.1, 0.15) is 18.9 Å². The first kappa shape index (κ1) is 18.3. The molecule has 1 aliphatic rings. The zero-order chi connectivity index (χ0) is 18.0. The van der Waals surface area contributed by atoms with E-state index in [1.165, 1.54) is 6.92 Å². The summed E-state index contributed by atoms with van der Waals surface area (Å²) < 4.78 is 26.0. The highest BCUT2D eigenvalue weighted by molar-refractivity contribution is 5.65. The number of nitrogens with zero attached hydrogens (tertiary/aromatic N) is 3. The van der Waals surface area contributed by atoms with E-state index in [1.54, 1.807) is 6.92 Å². The van der Waals surface area contributed by atoms with Crippen molar-refractivity contribution in [2.75, 3.05) is 6.61 Å². The molecule has 1 amide bonds. The molecule has 0 spiro atoms. The minimum atomic E-state index is -1.68. The third-order valence-corrected chi connectivity index (χ3v) is 3.55. The number of ether oxygens (including phenoxy) is 2. The smallest absolute Gasteiger partial charge is 0.433 e. The van der Waals surface area contributed by atoms with Crippen LogP contribution >= 0.6 is 0 Å². The van der Waals surface area contributed by atoms with Crippen molar-refractivity contribution in [3.05, 3.63) is 28.0 Å². The zero-order valence-corrected chi connectivity index (χ0v) is 13.0. The number of hydrogen-bond donors (Lipinski definition) is 3. The monoisotopic (exact) mass is 347 g/mol. The Morgan fingerprint density at radius 1 is 1.46 bits per heavy atom. The average molecular weight is 347 g/mol. The number of hydrogen-bond acceptors (Lipinski definition) is 6. The highest BCUT2D eigenvalue weighted by Gasteiger charge is 2.42. The minimum Gasteiger partial charge on any atom is -0.463 e. The maximum Gasteiger partial charge on any atom is 0.433 e. The molecule has 134 valence electrons. The number of carboxylic acid groups (broad SMARTS) is 1. The molecule has 0 radical (unpaired) electrons. The molecule has 0 aromatic carbocycles. The SMILES string of the molecule is CCOCn1c(=O)n([C@@H]2O[C@H](C)[C@@H](O)[C@H]2O)cc(F)/c1=N/C(=O)O. The molecule has 11 heteroatoms. The molecule has 10 nitrogen and oxygen atoms in total. The molecule has 1 saturated heterocycles. The third-order valence-electron chi connectivity index (χ3n) is 3.55. The lowest BCUT2D eigenvalue weighted by atomic mass is 10.1. The second-order valence-corrected chi connectivity index (χ2v) is 5.15. The van der Waals surface area contributed by atoms with E-state index in [2.05, 4.69) is 4.99 Å². The van der Waals surface area contributed by atoms with Crippen molar-refractivity contribution >= 4 is 6.09 Å². The molecular formula is C13H18FN3O7. The Bertz CT molecular complexity index is 744. The van der Waals surface area contributed by atoms with Crippen molar-refractivity contribution in [1.82, 2.24) is 9.13 Å². The molecule has 1 aliphatic heterocycles. The first-order chi connectivity index (χ1) is 11.3. The topological polar surface area (TPSA) is 136 Å². The highest BCUT2D eigenvalue weighted by Crippen LogP contribution is 2.27. The Balaban J connectivity index is 2.62. The molecule has 1 fully saturated rings. The Morgan fingerprint density at radius 2 is 2.12 bits per heavy atom. The molecule has 4 atom stereocenters. The van der Waals surface area contributed by atoms with Crippen molar-refractivity contribution in [1.29, 1.82) is 0 Å². The van der Waals surface area contributed by atoms with Gasteiger partial charge in [0.05, 0.1) is 12.3 Å². The van der Waals surface area contributed by atoms with Crippen LogP contribution < -0.4 is 11.2 Å². The predicted octanol–water partition coefficient (Wildman–Crippen LogP) is -0.999. The van der Waals surface area contributed by atoms with E-state index in [4.69, 9.17) is 14.6 Å². The van der Waals surface area contributed by atoms with Crippen molar-refractivity contribution in [2.24, 2.45) is 4.99 Å². The molecule has 1 aromatic heterocycles. The van der Waals surface area contributed by atoms with Crippen LogP contribution in [0.25, 0.3) is 0 Å². The average Bonchev–Trinajstić information content (AvgIpc) is 2.77. The van der Waals surface area contributed by atoms with Gasteiger partial charge in [-0.15, -0.1) is 0 Å². The van der Waals surface area contributed by atoms with Crippen LogP contribution in [0.15, 0.2) is 16.0 Å². The summed E-state index contributed by atoms with van der Waals surface area (Å²) in [4.78, 5) is 26.3. The van der Waals surface area contributed by atoms with Gasteiger partial charge in [0.25, 0.3) is 0 Å². The van der Waals surface area contributed by atoms with Crippen LogP contribution in [0.4, 0.5) is 9.18 Å². The molecule has 0 saturated carbocycles. The van der Waals surface area contributed by atoms with Gasteiger partial charge in [-0.1, -0.05) is 0 Å². The first-order valence-corrected chi connectivity index (χ1v) is 7.16. The van der Waals surface area contributed by atoms with E-state index >= 15 is 0 Å². The van der Waals surface area contributed by atoms with Gasteiger partial charge in [-0.25, -0.2) is 14.0 Å². The summed E-state index contributed by atoms with van der Waals surface area (Å²) in [5.41, 5.74) is -1.63. The number of aliphatic hydroxyl groups is 2. The van der Waals surface area contributed by atoms with Crippen LogP contribution in [-0.2, 0) is 16.2 Å². The third kappa shape index (κ3) is 3.38. The number of halogens is 1. The Labute approximate surface area is 135 Å². The Hall–Kier alpha value is -2.08. The molecular weight excluding hydrogens is 329 g/mol. The molecule has 2 heterocycles. The zero-order valence-electron chi connectivity index (χ0n) is 13.0. The quantitative estimate of drug-likeness (QED) is 0.636. The Kier molecular flexibility index (Phi) is 5.49. The lowest BCUT2D eigenvalue weighted by molar-refractivity contribution is -0.0380. The van der Waals surface area contributed by atoms with Gasteiger partial charge in [-0.3, -0.25) is 9.13 Å². The summed E-state index contributed by atoms with van der Waals surface area (Å²) >= 11 is 0. The lowest BCUT2D eigenvalue weighted by Gasteiger charge is -2.19. The number of carbonyl (C=O) groups is 1. The van der Waals surface area contributed by atoms with Gasteiger partial charge in [0, 0.05) is 6.61 Å². The van der Waals surface area contributed by atoms with E-state index in [-0.39, 0.29) is 6.61 Å². The van der Waals surface area contributed by atoms with E-state index in [1.807, 2.05) is 0 Å². The van der Waals surface area contributed by atoms with E-state index in [0.29, 0.717) is 10.8 Å². The van der Waals surface area contributed by atoms with E-state index in [9.17, 15) is 24.2 Å². The second kappa shape index (κ2) is 7.21. The molecule has 24 heavy (non-hydrogen) atoms. The Morgan fingerprint density at radius 3 is 2.62 bits per heavy atom. The van der Waals surface area contributed by atoms with Crippen molar-refractivity contribution in [3.63, 3.8) is 0 Å². The summed E-state index contributed by atoms with van der Waals surface area (Å²) in [5.74, 6) is -1.12. The summed E-state index contributed by atoms with van der Waals surface area (Å²) in [5, 5.41) is 28.4. The second-order valence-electron chi connectivity index (χ2n) is 5.15. The van der Waals surface area contributed by atoms with Crippen LogP contribution in [0.3, 0.4) is 0 Å². The fourth-order valence-electron chi connectivity index (χ4n) is 2.34. The number of aliphatic hydroxyl groups excluding tert-OH is 2. The van der Waals surface area contributed by atoms with Gasteiger partial charge >= 0.3 is 11.8 Å². The number of rotatable bonds is 4. The first-order valence-electron chi connectivity index (χ1n) is 7.16. The lowest BCUT2D eigenvalue weighted by Crippen LogP contribution is -2.45. The molecule has 1 aromatic rings. The maximum absolute atomic E-state index is 14.3. The fraction of sp³-hybridized carbons (Fsp3) is 0.615. The molecule has 0 unspecified atom stereocenters. The largest absolute Gasteiger partial charge is 0.463 e. The van der Waals surface area contributed by atoms with Crippen LogP contribution in [0, 0.1) is 5.82 Å². The van der Waals surface area contributed by atoms with Crippen LogP contribution in [0.2, 0.25) is 0 Å². The molecule has 0 aliphatic carbocycles. The number of amides is 1. The number of aromatic nitrogens is 2. The summed E-state index contributed by atoms with van der Waals surface area (Å²) in [6.07, 6.45) is -5.83. The minimum absolute atomic E-state index is 0.188. The summed E-state index contributed by atoms with van der Waals surface area (Å²) in [6, 6.07) is 0. The summed E-state index contributed by atoms with van der Waals surface area (Å²) in [7, 11) is 0. The normalized spacial score (nSPS) is 27.6. The van der Waals surface area contributed by atoms with Crippen LogP contribution in [-0.4, -0.2) is 55.5 Å². The maximum atomic E-state index is 14.3. The van der Waals surface area contributed by atoms with Crippen molar-refractivity contribution in [2.45, 2.75) is 45.1 Å². The molecule has 0 bridgehead atoms. The van der Waals surface area contributed by atoms with Gasteiger partial charge in [0.15, 0.2) is 17.5 Å². The molecule has 2 rings (SSSR count). The highest BCUT2D eigenvalue weighted by atomic mass is 19.1.